The molecule has 0 unspecified atom stereocenters. The summed E-state index contributed by atoms with van der Waals surface area (Å²) in [6.45, 7) is 4.79. The van der Waals surface area contributed by atoms with Crippen LogP contribution >= 0.6 is 11.3 Å². The molecule has 0 spiro atoms. The Bertz CT molecular complexity index is 1170. The van der Waals surface area contributed by atoms with Crippen molar-refractivity contribution in [3.05, 3.63) is 58.4 Å². The molecule has 0 radical (unpaired) electrons. The van der Waals surface area contributed by atoms with Crippen molar-refractivity contribution in [3.63, 3.8) is 0 Å². The van der Waals surface area contributed by atoms with Gasteiger partial charge in [-0.3, -0.25) is 4.90 Å². The van der Waals surface area contributed by atoms with Gasteiger partial charge in [0.05, 0.1) is 26.5 Å². The summed E-state index contributed by atoms with van der Waals surface area (Å²) >= 11 is 1.63. The molecule has 1 saturated heterocycles. The number of methoxy groups -OCH3 is 2. The molecule has 1 aliphatic heterocycles. The predicted octanol–water partition coefficient (Wildman–Crippen LogP) is 3.64. The molecule has 0 N–H and O–H groups in total. The molecule has 3 aromatic rings. The van der Waals surface area contributed by atoms with E-state index < -0.39 is 10.0 Å². The third-order valence-corrected chi connectivity index (χ3v) is 8.32. The van der Waals surface area contributed by atoms with Crippen molar-refractivity contribution < 1.29 is 17.9 Å². The zero-order valence-electron chi connectivity index (χ0n) is 18.4. The van der Waals surface area contributed by atoms with Crippen molar-refractivity contribution >= 4 is 21.4 Å². The molecule has 1 fully saturated rings. The van der Waals surface area contributed by atoms with Gasteiger partial charge in [-0.2, -0.15) is 4.31 Å². The summed E-state index contributed by atoms with van der Waals surface area (Å²) in [5.74, 6) is 1.20. The molecule has 4 rings (SSSR count). The highest BCUT2D eigenvalue weighted by Crippen LogP contribution is 2.29. The fourth-order valence-electron chi connectivity index (χ4n) is 3.72. The second-order valence-electron chi connectivity index (χ2n) is 7.69. The third kappa shape index (κ3) is 4.80. The molecule has 32 heavy (non-hydrogen) atoms. The highest BCUT2D eigenvalue weighted by atomic mass is 32.2. The first-order chi connectivity index (χ1) is 15.4. The van der Waals surface area contributed by atoms with E-state index in [1.165, 1.54) is 7.11 Å². The summed E-state index contributed by atoms with van der Waals surface area (Å²) in [6.07, 6.45) is 0. The zero-order valence-corrected chi connectivity index (χ0v) is 20.1. The van der Waals surface area contributed by atoms with E-state index in [0.717, 1.165) is 27.6 Å². The number of sulfonamides is 1. The van der Waals surface area contributed by atoms with Crippen LogP contribution in [0.4, 0.5) is 0 Å². The molecule has 0 atom stereocenters. The fraction of sp³-hybridized carbons (Fsp3) is 0.348. The molecule has 0 amide bonds. The van der Waals surface area contributed by atoms with E-state index in [4.69, 9.17) is 14.5 Å². The first-order valence-electron chi connectivity index (χ1n) is 10.4. The quantitative estimate of drug-likeness (QED) is 0.522. The van der Waals surface area contributed by atoms with Gasteiger partial charge in [0.25, 0.3) is 0 Å². The van der Waals surface area contributed by atoms with E-state index in [1.54, 1.807) is 34.9 Å². The average molecular weight is 474 g/mol. The van der Waals surface area contributed by atoms with Gasteiger partial charge in [0.1, 0.15) is 21.4 Å². The minimum atomic E-state index is -3.60. The topological polar surface area (TPSA) is 72.0 Å². The number of aryl methyl sites for hydroxylation is 1. The highest BCUT2D eigenvalue weighted by molar-refractivity contribution is 7.89. The lowest BCUT2D eigenvalue weighted by Gasteiger charge is -2.33. The van der Waals surface area contributed by atoms with Crippen LogP contribution in [0.1, 0.15) is 10.6 Å². The summed E-state index contributed by atoms with van der Waals surface area (Å²) in [5.41, 5.74) is 2.89. The average Bonchev–Trinajstić information content (AvgIpc) is 3.28. The minimum Gasteiger partial charge on any atom is -0.497 e. The smallest absolute Gasteiger partial charge is 0.246 e. The van der Waals surface area contributed by atoms with Gasteiger partial charge < -0.3 is 9.47 Å². The van der Waals surface area contributed by atoms with Crippen LogP contribution in [0.5, 0.6) is 11.5 Å². The molecule has 2 aromatic carbocycles. The minimum absolute atomic E-state index is 0.234. The lowest BCUT2D eigenvalue weighted by Crippen LogP contribution is -2.48. The number of piperazine rings is 1. The summed E-state index contributed by atoms with van der Waals surface area (Å²) < 4.78 is 38.5. The largest absolute Gasteiger partial charge is 0.497 e. The third-order valence-electron chi connectivity index (χ3n) is 5.56. The molecule has 7 nitrogen and oxygen atoms in total. The number of ether oxygens (including phenoxy) is 2. The van der Waals surface area contributed by atoms with Crippen molar-refractivity contribution in [2.24, 2.45) is 0 Å². The Labute approximate surface area is 193 Å². The van der Waals surface area contributed by atoms with Crippen LogP contribution in [0.15, 0.2) is 52.7 Å². The number of hydrogen-bond donors (Lipinski definition) is 0. The van der Waals surface area contributed by atoms with E-state index in [0.29, 0.717) is 38.5 Å². The Morgan fingerprint density at radius 2 is 1.72 bits per heavy atom. The number of benzene rings is 2. The van der Waals surface area contributed by atoms with Crippen LogP contribution < -0.4 is 9.47 Å². The van der Waals surface area contributed by atoms with Gasteiger partial charge in [0.2, 0.25) is 10.0 Å². The Kier molecular flexibility index (Phi) is 6.80. The Hall–Kier alpha value is -2.46. The van der Waals surface area contributed by atoms with Crippen molar-refractivity contribution in [2.45, 2.75) is 18.4 Å². The van der Waals surface area contributed by atoms with Gasteiger partial charge in [0.15, 0.2) is 0 Å². The Morgan fingerprint density at radius 3 is 2.38 bits per heavy atom. The second kappa shape index (κ2) is 9.58. The van der Waals surface area contributed by atoms with Gasteiger partial charge in [-0.25, -0.2) is 13.4 Å². The number of aromatic nitrogens is 1. The monoisotopic (exact) mass is 473 g/mol. The fourth-order valence-corrected chi connectivity index (χ4v) is 6.23. The van der Waals surface area contributed by atoms with Crippen molar-refractivity contribution in [2.75, 3.05) is 40.4 Å². The number of thiazole rings is 1. The first-order valence-corrected chi connectivity index (χ1v) is 12.7. The Balaban J connectivity index is 1.39. The molecule has 1 aliphatic rings. The normalized spacial score (nSPS) is 15.6. The van der Waals surface area contributed by atoms with E-state index in [2.05, 4.69) is 10.3 Å². The molecule has 1 aromatic heterocycles. The highest BCUT2D eigenvalue weighted by Gasteiger charge is 2.31. The SMILES string of the molecule is COc1ccc(-c2csc(CN3CCN(S(=O)(=O)c4cc(C)ccc4OC)CC3)n2)cc1. The first kappa shape index (κ1) is 22.7. The molecule has 2 heterocycles. The molecule has 0 saturated carbocycles. The summed E-state index contributed by atoms with van der Waals surface area (Å²) in [4.78, 5) is 7.25. The molecule has 9 heteroatoms. The molecular weight excluding hydrogens is 446 g/mol. The van der Waals surface area contributed by atoms with Gasteiger partial charge in [-0.05, 0) is 48.9 Å². The predicted molar refractivity (Wildman–Crippen MR) is 126 cm³/mol. The van der Waals surface area contributed by atoms with Crippen molar-refractivity contribution in [3.8, 4) is 22.8 Å². The van der Waals surface area contributed by atoms with Crippen LogP contribution in [0.2, 0.25) is 0 Å². The van der Waals surface area contributed by atoms with E-state index >= 15 is 0 Å². The maximum atomic E-state index is 13.2. The lowest BCUT2D eigenvalue weighted by atomic mass is 10.2. The van der Waals surface area contributed by atoms with E-state index in [1.807, 2.05) is 37.3 Å². The standard InChI is InChI=1S/C23H27N3O4S2/c1-17-4-9-21(30-3)22(14-17)32(27,28)26-12-10-25(11-13-26)15-23-24-20(16-31-23)18-5-7-19(29-2)8-6-18/h4-9,14,16H,10-13,15H2,1-3H3. The molecule has 0 bridgehead atoms. The van der Waals surface area contributed by atoms with Gasteiger partial charge in [-0.1, -0.05) is 6.07 Å². The Morgan fingerprint density at radius 1 is 1.00 bits per heavy atom. The van der Waals surface area contributed by atoms with Crippen LogP contribution in [-0.2, 0) is 16.6 Å². The van der Waals surface area contributed by atoms with Crippen molar-refractivity contribution in [1.82, 2.24) is 14.2 Å². The zero-order chi connectivity index (χ0) is 22.7. The van der Waals surface area contributed by atoms with Crippen molar-refractivity contribution in [1.29, 1.82) is 0 Å². The van der Waals surface area contributed by atoms with Gasteiger partial charge >= 0.3 is 0 Å². The van der Waals surface area contributed by atoms with Gasteiger partial charge in [-0.15, -0.1) is 11.3 Å². The van der Waals surface area contributed by atoms with Crippen LogP contribution in [0.3, 0.4) is 0 Å². The van der Waals surface area contributed by atoms with E-state index in [-0.39, 0.29) is 4.90 Å². The van der Waals surface area contributed by atoms with Crippen LogP contribution in [0, 0.1) is 6.92 Å². The van der Waals surface area contributed by atoms with Gasteiger partial charge in [0, 0.05) is 37.1 Å². The second-order valence-corrected chi connectivity index (χ2v) is 10.5. The summed E-state index contributed by atoms with van der Waals surface area (Å²) in [5, 5.41) is 3.08. The maximum Gasteiger partial charge on any atom is 0.246 e. The van der Waals surface area contributed by atoms with Crippen LogP contribution in [0.25, 0.3) is 11.3 Å². The lowest BCUT2D eigenvalue weighted by molar-refractivity contribution is 0.181. The number of rotatable bonds is 7. The maximum absolute atomic E-state index is 13.2. The summed E-state index contributed by atoms with van der Waals surface area (Å²) in [7, 11) is -0.456. The van der Waals surface area contributed by atoms with E-state index in [9.17, 15) is 8.42 Å². The number of hydrogen-bond acceptors (Lipinski definition) is 7. The number of nitrogens with zero attached hydrogens (tertiary/aromatic N) is 3. The molecule has 170 valence electrons. The summed E-state index contributed by atoms with van der Waals surface area (Å²) in [6, 6.07) is 13.1. The van der Waals surface area contributed by atoms with Crippen LogP contribution in [-0.4, -0.2) is 63.0 Å². The molecular formula is C23H27N3O4S2. The molecule has 0 aliphatic carbocycles.